The van der Waals surface area contributed by atoms with Crippen LogP contribution in [0, 0.1) is 0 Å². The summed E-state index contributed by atoms with van der Waals surface area (Å²) in [5.74, 6) is -1.43. The van der Waals surface area contributed by atoms with E-state index < -0.39 is 35.8 Å². The van der Waals surface area contributed by atoms with E-state index in [1.54, 1.807) is 4.72 Å². The van der Waals surface area contributed by atoms with Gasteiger partial charge < -0.3 is 5.32 Å². The number of hydrogen-bond donors (Lipinski definition) is 2. The summed E-state index contributed by atoms with van der Waals surface area (Å²) in [5.41, 5.74) is -1.71. The predicted molar refractivity (Wildman–Crippen MR) is 104 cm³/mol. The van der Waals surface area contributed by atoms with Gasteiger partial charge >= 0.3 is 5.51 Å². The second kappa shape index (κ2) is 8.61. The van der Waals surface area contributed by atoms with Gasteiger partial charge in [-0.15, -0.1) is 11.3 Å². The molecule has 0 bridgehead atoms. The Bertz CT molecular complexity index is 991. The normalized spacial score (nSPS) is 11.4. The number of hydrogen-bond acceptors (Lipinski definition) is 5. The molecule has 0 radical (unpaired) electrons. The van der Waals surface area contributed by atoms with Crippen LogP contribution < -0.4 is 10.0 Å². The van der Waals surface area contributed by atoms with Crippen molar-refractivity contribution in [3.63, 3.8) is 0 Å². The lowest BCUT2D eigenvalue weighted by Gasteiger charge is -2.07. The number of benzene rings is 2. The number of nitrogens with zero attached hydrogens (tertiary/aromatic N) is 1. The Morgan fingerprint density at radius 1 is 1.04 bits per heavy atom. The van der Waals surface area contributed by atoms with Crippen LogP contribution >= 0.6 is 23.3 Å². The molecule has 2 aromatic carbocycles. The molecule has 1 heterocycles. The first kappa shape index (κ1) is 20.2. The Balaban J connectivity index is 1.58. The van der Waals surface area contributed by atoms with E-state index in [-0.39, 0.29) is 6.42 Å². The number of aromatic nitrogens is 1. The molecule has 10 heteroatoms. The van der Waals surface area contributed by atoms with Crippen molar-refractivity contribution in [2.45, 2.75) is 11.9 Å². The lowest BCUT2D eigenvalue weighted by molar-refractivity contribution is -0.125. The molecule has 0 unspecified atom stereocenters. The zero-order chi connectivity index (χ0) is 20.1. The molecule has 0 saturated heterocycles. The van der Waals surface area contributed by atoms with E-state index in [4.69, 9.17) is 0 Å². The maximum atomic E-state index is 12.0. The zero-order valence-electron chi connectivity index (χ0n) is 14.2. The summed E-state index contributed by atoms with van der Waals surface area (Å²) < 4.78 is 38.5. The molecule has 5 nitrogen and oxygen atoms in total. The lowest BCUT2D eigenvalue weighted by Crippen LogP contribution is -2.36. The van der Waals surface area contributed by atoms with E-state index in [1.807, 2.05) is 48.5 Å². The van der Waals surface area contributed by atoms with Gasteiger partial charge in [0.2, 0.25) is 11.8 Å². The summed E-state index contributed by atoms with van der Waals surface area (Å²) in [6, 6.07) is 15.6. The number of carbonyl (C=O) groups is 2. The first-order chi connectivity index (χ1) is 13.3. The Labute approximate surface area is 166 Å². The number of halogens is 3. The van der Waals surface area contributed by atoms with Gasteiger partial charge in [0.05, 0.1) is 35.1 Å². The van der Waals surface area contributed by atoms with E-state index >= 15 is 0 Å². The minimum atomic E-state index is -4.57. The highest BCUT2D eigenvalue weighted by atomic mass is 32.2. The molecule has 2 N–H and O–H groups in total. The van der Waals surface area contributed by atoms with E-state index in [1.165, 1.54) is 11.3 Å². The number of alkyl halides is 3. The van der Waals surface area contributed by atoms with Gasteiger partial charge in [-0.2, -0.15) is 13.2 Å². The molecule has 0 aliphatic rings. The van der Waals surface area contributed by atoms with Crippen molar-refractivity contribution in [2.24, 2.45) is 0 Å². The van der Waals surface area contributed by atoms with Gasteiger partial charge in [0, 0.05) is 0 Å². The lowest BCUT2D eigenvalue weighted by atomic mass is 10.1. The van der Waals surface area contributed by atoms with Crippen LogP contribution in [-0.4, -0.2) is 28.9 Å². The molecule has 28 heavy (non-hydrogen) atoms. The van der Waals surface area contributed by atoms with Crippen molar-refractivity contribution in [3.8, 4) is 11.1 Å². The van der Waals surface area contributed by atoms with Crippen LogP contribution in [0.3, 0.4) is 0 Å². The highest BCUT2D eigenvalue weighted by Gasteiger charge is 2.29. The first-order valence-corrected chi connectivity index (χ1v) is 9.68. The third-order valence-corrected chi connectivity index (χ3v) is 5.16. The van der Waals surface area contributed by atoms with Crippen molar-refractivity contribution in [1.82, 2.24) is 15.0 Å². The summed E-state index contributed by atoms with van der Waals surface area (Å²) in [5, 5.41) is 2.84. The molecule has 0 spiro atoms. The summed E-state index contributed by atoms with van der Waals surface area (Å²) in [6.07, 6.45) is -0.0558. The fourth-order valence-corrected chi connectivity index (χ4v) is 3.69. The third-order valence-electron chi connectivity index (χ3n) is 3.58. The Kier molecular flexibility index (Phi) is 6.20. The molecular weight excluding hydrogens is 411 g/mol. The number of carbonyl (C=O) groups excluding carboxylic acids is 2. The van der Waals surface area contributed by atoms with Crippen LogP contribution in [0.4, 0.5) is 13.2 Å². The van der Waals surface area contributed by atoms with Crippen LogP contribution in [0.1, 0.15) is 5.01 Å². The zero-order valence-corrected chi connectivity index (χ0v) is 15.9. The van der Waals surface area contributed by atoms with Crippen LogP contribution in [0.2, 0.25) is 0 Å². The molecule has 0 atom stereocenters. The SMILES string of the molecule is O=C(Cc1nc2ccc(-c3ccccc3)cc2s1)NCC(=O)NSC(F)(F)F. The average Bonchev–Trinajstić information content (AvgIpc) is 3.06. The monoisotopic (exact) mass is 425 g/mol. The van der Waals surface area contributed by atoms with Gasteiger partial charge in [0.25, 0.3) is 0 Å². The minimum absolute atomic E-state index is 0.0558. The smallest absolute Gasteiger partial charge is 0.347 e. The summed E-state index contributed by atoms with van der Waals surface area (Å²) in [6.45, 7) is -0.537. The third kappa shape index (κ3) is 5.70. The van der Waals surface area contributed by atoms with Crippen molar-refractivity contribution in [1.29, 1.82) is 0 Å². The molecule has 0 saturated carbocycles. The molecule has 1 aromatic heterocycles. The molecule has 0 aliphatic carbocycles. The fourth-order valence-electron chi connectivity index (χ4n) is 2.39. The average molecular weight is 425 g/mol. The quantitative estimate of drug-likeness (QED) is 0.588. The summed E-state index contributed by atoms with van der Waals surface area (Å²) in [4.78, 5) is 27.6. The Morgan fingerprint density at radius 2 is 1.79 bits per heavy atom. The maximum absolute atomic E-state index is 12.0. The molecule has 2 amide bonds. The molecule has 0 fully saturated rings. The van der Waals surface area contributed by atoms with Crippen LogP contribution in [0.5, 0.6) is 0 Å². The van der Waals surface area contributed by atoms with Crippen molar-refractivity contribution in [2.75, 3.05) is 6.54 Å². The highest BCUT2D eigenvalue weighted by Crippen LogP contribution is 2.28. The molecule has 3 rings (SSSR count). The van der Waals surface area contributed by atoms with Gasteiger partial charge in [-0.3, -0.25) is 14.3 Å². The molecule has 3 aromatic rings. The van der Waals surface area contributed by atoms with Gasteiger partial charge in [0.1, 0.15) is 5.01 Å². The Hall–Kier alpha value is -2.59. The highest BCUT2D eigenvalue weighted by molar-refractivity contribution is 7.98. The van der Waals surface area contributed by atoms with Crippen molar-refractivity contribution >= 4 is 45.3 Å². The molecular formula is C18H14F3N3O2S2. The van der Waals surface area contributed by atoms with Crippen LogP contribution in [0.25, 0.3) is 21.3 Å². The maximum Gasteiger partial charge on any atom is 0.461 e. The predicted octanol–water partition coefficient (Wildman–Crippen LogP) is 3.91. The fraction of sp³-hybridized carbons (Fsp3) is 0.167. The van der Waals surface area contributed by atoms with E-state index in [0.29, 0.717) is 5.01 Å². The topological polar surface area (TPSA) is 71.1 Å². The summed E-state index contributed by atoms with van der Waals surface area (Å²) >= 11 is 0.696. The van der Waals surface area contributed by atoms with Gasteiger partial charge in [-0.05, 0) is 23.3 Å². The second-order valence-corrected chi connectivity index (χ2v) is 7.67. The van der Waals surface area contributed by atoms with Gasteiger partial charge in [-0.1, -0.05) is 36.4 Å². The Morgan fingerprint density at radius 3 is 2.50 bits per heavy atom. The van der Waals surface area contributed by atoms with E-state index in [2.05, 4.69) is 10.3 Å². The van der Waals surface area contributed by atoms with Gasteiger partial charge in [0.15, 0.2) is 0 Å². The summed E-state index contributed by atoms with van der Waals surface area (Å²) in [7, 11) is 0. The molecule has 146 valence electrons. The van der Waals surface area contributed by atoms with E-state index in [9.17, 15) is 22.8 Å². The number of rotatable bonds is 6. The standard InChI is InChI=1S/C18H14F3N3O2S2/c19-18(20,21)28-24-16(26)10-22-15(25)9-17-23-13-7-6-12(8-14(13)27-17)11-4-2-1-3-5-11/h1-8H,9-10H2,(H,22,25)(H,24,26). The van der Waals surface area contributed by atoms with Gasteiger partial charge in [-0.25, -0.2) is 4.98 Å². The van der Waals surface area contributed by atoms with E-state index in [0.717, 1.165) is 21.3 Å². The van der Waals surface area contributed by atoms with Crippen LogP contribution in [-0.2, 0) is 16.0 Å². The minimum Gasteiger partial charge on any atom is -0.347 e. The second-order valence-electron chi connectivity index (χ2n) is 5.68. The molecule has 0 aliphatic heterocycles. The van der Waals surface area contributed by atoms with Crippen LogP contribution in [0.15, 0.2) is 48.5 Å². The van der Waals surface area contributed by atoms with Crippen molar-refractivity contribution in [3.05, 3.63) is 53.5 Å². The number of nitrogens with one attached hydrogen (secondary N) is 2. The number of fused-ring (bicyclic) bond motifs is 1. The largest absolute Gasteiger partial charge is 0.461 e. The number of thiazole rings is 1. The first-order valence-electron chi connectivity index (χ1n) is 8.05. The van der Waals surface area contributed by atoms with Crippen molar-refractivity contribution < 1.29 is 22.8 Å². The number of amides is 2.